The average molecular weight is 171 g/mol. The topological polar surface area (TPSA) is 39.2 Å². The second-order valence-corrected chi connectivity index (χ2v) is 3.23. The second-order valence-electron chi connectivity index (χ2n) is 2.41. The Morgan fingerprint density at radius 1 is 1.73 bits per heavy atom. The molecule has 0 amide bonds. The van der Waals surface area contributed by atoms with Crippen molar-refractivity contribution in [1.82, 2.24) is 4.98 Å². The van der Waals surface area contributed by atoms with Gasteiger partial charge in [-0.3, -0.25) is 4.79 Å². The summed E-state index contributed by atoms with van der Waals surface area (Å²) in [6.07, 6.45) is 0. The third kappa shape index (κ3) is 2.01. The summed E-state index contributed by atoms with van der Waals surface area (Å²) >= 11 is 1.34. The third-order valence-corrected chi connectivity index (χ3v) is 1.99. The lowest BCUT2D eigenvalue weighted by atomic mass is 10.2. The van der Waals surface area contributed by atoms with Gasteiger partial charge in [0.15, 0.2) is 0 Å². The number of aromatic nitrogens is 1. The van der Waals surface area contributed by atoms with Crippen LogP contribution in [0, 0.1) is 0 Å². The van der Waals surface area contributed by atoms with Crippen LogP contribution in [-0.4, -0.2) is 11.5 Å². The molecule has 0 unspecified atom stereocenters. The van der Waals surface area contributed by atoms with Gasteiger partial charge >= 0.3 is 0 Å². The summed E-state index contributed by atoms with van der Waals surface area (Å²) in [5, 5.41) is 2.31. The average Bonchev–Trinajstić information content (AvgIpc) is 2.37. The van der Waals surface area contributed by atoms with E-state index in [0.29, 0.717) is 17.6 Å². The lowest BCUT2D eigenvalue weighted by molar-refractivity contribution is -0.120. The molecule has 11 heavy (non-hydrogen) atoms. The van der Waals surface area contributed by atoms with Gasteiger partial charge in [-0.05, 0) is 5.92 Å². The molecule has 0 atom stereocenters. The van der Waals surface area contributed by atoms with E-state index in [1.807, 2.05) is 19.2 Å². The van der Waals surface area contributed by atoms with E-state index >= 15 is 0 Å². The molecule has 1 heterocycles. The maximum atomic E-state index is 9.90. The fraction of sp³-hybridized carbons (Fsp3) is 0.429. The zero-order valence-electron chi connectivity index (χ0n) is 6.40. The number of thiazole rings is 1. The number of rotatable bonds is 3. The number of carbonyl (C=O) groups is 1. The summed E-state index contributed by atoms with van der Waals surface area (Å²) in [6, 6.07) is 0. The minimum atomic E-state index is 0.384. The van der Waals surface area contributed by atoms with E-state index in [1.165, 1.54) is 11.3 Å². The predicted molar refractivity (Wildman–Crippen MR) is 42.9 cm³/mol. The summed E-state index contributed by atoms with van der Waals surface area (Å²) in [7, 11) is 0. The summed E-state index contributed by atoms with van der Waals surface area (Å²) < 4.78 is 4.56. The van der Waals surface area contributed by atoms with Gasteiger partial charge in [-0.25, -0.2) is 4.98 Å². The van der Waals surface area contributed by atoms with Gasteiger partial charge < -0.3 is 4.74 Å². The molecule has 0 spiro atoms. The lowest BCUT2D eigenvalue weighted by Gasteiger charge is -1.95. The molecular weight excluding hydrogens is 162 g/mol. The molecule has 3 nitrogen and oxygen atoms in total. The van der Waals surface area contributed by atoms with E-state index in [-0.39, 0.29) is 0 Å². The smallest absolute Gasteiger partial charge is 0.300 e. The second kappa shape index (κ2) is 3.48. The number of hydrogen-bond acceptors (Lipinski definition) is 4. The molecule has 0 bridgehead atoms. The summed E-state index contributed by atoms with van der Waals surface area (Å²) in [6.45, 7) is 4.47. The Morgan fingerprint density at radius 2 is 2.45 bits per heavy atom. The van der Waals surface area contributed by atoms with Gasteiger partial charge in [0.05, 0.1) is 5.69 Å². The maximum absolute atomic E-state index is 9.90. The molecular formula is C7H9NO2S. The van der Waals surface area contributed by atoms with Crippen molar-refractivity contribution < 1.29 is 9.53 Å². The molecule has 0 fully saturated rings. The Balaban J connectivity index is 2.73. The molecule has 0 saturated heterocycles. The number of carbonyl (C=O) groups excluding carboxylic acids is 1. The van der Waals surface area contributed by atoms with Crippen molar-refractivity contribution in [1.29, 1.82) is 0 Å². The standard InChI is InChI=1S/C7H9NO2S/c1-5(2)6-3-11-7(8-6)10-4-9/h3-5H,1-2H3. The molecule has 0 saturated carbocycles. The van der Waals surface area contributed by atoms with E-state index < -0.39 is 0 Å². The van der Waals surface area contributed by atoms with Crippen molar-refractivity contribution in [2.45, 2.75) is 19.8 Å². The zero-order valence-corrected chi connectivity index (χ0v) is 7.22. The van der Waals surface area contributed by atoms with E-state index in [2.05, 4.69) is 9.72 Å². The Hall–Kier alpha value is -0.900. The van der Waals surface area contributed by atoms with Gasteiger partial charge in [0.25, 0.3) is 11.7 Å². The fourth-order valence-corrected chi connectivity index (χ4v) is 1.43. The summed E-state index contributed by atoms with van der Waals surface area (Å²) in [5.74, 6) is 0.384. The SMILES string of the molecule is CC(C)c1csc(OC=O)n1. The highest BCUT2D eigenvalue weighted by Gasteiger charge is 2.05. The van der Waals surface area contributed by atoms with Gasteiger partial charge in [0.2, 0.25) is 0 Å². The van der Waals surface area contributed by atoms with Crippen molar-refractivity contribution in [2.24, 2.45) is 0 Å². The maximum Gasteiger partial charge on any atom is 0.300 e. The number of nitrogens with zero attached hydrogens (tertiary/aromatic N) is 1. The molecule has 60 valence electrons. The van der Waals surface area contributed by atoms with Crippen LogP contribution in [0.3, 0.4) is 0 Å². The van der Waals surface area contributed by atoms with Crippen molar-refractivity contribution in [3.05, 3.63) is 11.1 Å². The Bertz CT molecular complexity index is 244. The molecule has 0 aliphatic rings. The first-order valence-corrected chi connectivity index (χ1v) is 4.17. The molecule has 0 aliphatic carbocycles. The Morgan fingerprint density at radius 3 is 2.91 bits per heavy atom. The van der Waals surface area contributed by atoms with Crippen LogP contribution in [0.5, 0.6) is 5.19 Å². The highest BCUT2D eigenvalue weighted by molar-refractivity contribution is 7.11. The van der Waals surface area contributed by atoms with Crippen LogP contribution in [-0.2, 0) is 4.79 Å². The zero-order chi connectivity index (χ0) is 8.27. The first kappa shape index (κ1) is 8.20. The monoisotopic (exact) mass is 171 g/mol. The van der Waals surface area contributed by atoms with Crippen LogP contribution in [0.4, 0.5) is 0 Å². The van der Waals surface area contributed by atoms with E-state index in [9.17, 15) is 4.79 Å². The normalized spacial score (nSPS) is 10.1. The van der Waals surface area contributed by atoms with Crippen molar-refractivity contribution in [2.75, 3.05) is 0 Å². The van der Waals surface area contributed by atoms with Crippen LogP contribution in [0.25, 0.3) is 0 Å². The summed E-state index contributed by atoms with van der Waals surface area (Å²) in [5.41, 5.74) is 0.965. The van der Waals surface area contributed by atoms with E-state index in [1.54, 1.807) is 0 Å². The molecule has 0 radical (unpaired) electrons. The molecule has 0 aliphatic heterocycles. The van der Waals surface area contributed by atoms with Gasteiger partial charge in [-0.2, -0.15) is 0 Å². The van der Waals surface area contributed by atoms with Crippen LogP contribution in [0.1, 0.15) is 25.5 Å². The molecule has 1 rings (SSSR count). The number of ether oxygens (including phenoxy) is 1. The molecule has 0 N–H and O–H groups in total. The highest BCUT2D eigenvalue weighted by Crippen LogP contribution is 2.22. The van der Waals surface area contributed by atoms with Crippen LogP contribution >= 0.6 is 11.3 Å². The molecule has 1 aromatic rings. The van der Waals surface area contributed by atoms with Crippen molar-refractivity contribution in [3.8, 4) is 5.19 Å². The largest absolute Gasteiger partial charge is 0.400 e. The Kier molecular flexibility index (Phi) is 2.59. The fourth-order valence-electron chi connectivity index (χ4n) is 0.629. The summed E-state index contributed by atoms with van der Waals surface area (Å²) in [4.78, 5) is 14.0. The van der Waals surface area contributed by atoms with Crippen LogP contribution in [0.15, 0.2) is 5.38 Å². The minimum absolute atomic E-state index is 0.384. The first-order chi connectivity index (χ1) is 5.24. The molecule has 1 aromatic heterocycles. The van der Waals surface area contributed by atoms with Crippen LogP contribution < -0.4 is 4.74 Å². The van der Waals surface area contributed by atoms with Gasteiger partial charge in [-0.1, -0.05) is 25.2 Å². The first-order valence-electron chi connectivity index (χ1n) is 3.29. The van der Waals surface area contributed by atoms with Gasteiger partial charge in [-0.15, -0.1) is 0 Å². The van der Waals surface area contributed by atoms with E-state index in [0.717, 1.165) is 5.69 Å². The van der Waals surface area contributed by atoms with E-state index in [4.69, 9.17) is 0 Å². The molecule has 4 heteroatoms. The molecule has 0 aromatic carbocycles. The predicted octanol–water partition coefficient (Wildman–Crippen LogP) is 1.80. The van der Waals surface area contributed by atoms with Crippen LogP contribution in [0.2, 0.25) is 0 Å². The third-order valence-electron chi connectivity index (χ3n) is 1.24. The quantitative estimate of drug-likeness (QED) is 0.651. The van der Waals surface area contributed by atoms with Crippen molar-refractivity contribution >= 4 is 17.8 Å². The highest BCUT2D eigenvalue weighted by atomic mass is 32.1. The van der Waals surface area contributed by atoms with Gasteiger partial charge in [0.1, 0.15) is 0 Å². The van der Waals surface area contributed by atoms with Crippen molar-refractivity contribution in [3.63, 3.8) is 0 Å². The number of hydrogen-bond donors (Lipinski definition) is 0. The lowest BCUT2D eigenvalue weighted by Crippen LogP contribution is -1.90. The minimum Gasteiger partial charge on any atom is -0.400 e. The Labute approximate surface area is 69.0 Å². The van der Waals surface area contributed by atoms with Gasteiger partial charge in [0, 0.05) is 5.38 Å².